The van der Waals surface area contributed by atoms with Crippen molar-refractivity contribution in [1.29, 1.82) is 0 Å². The van der Waals surface area contributed by atoms with Crippen LogP contribution in [0.3, 0.4) is 0 Å². The van der Waals surface area contributed by atoms with Gasteiger partial charge in [-0.1, -0.05) is 19.1 Å². The molecule has 0 bridgehead atoms. The van der Waals surface area contributed by atoms with E-state index >= 15 is 0 Å². The second-order valence-electron chi connectivity index (χ2n) is 4.42. The molecule has 7 nitrogen and oxygen atoms in total. The van der Waals surface area contributed by atoms with Crippen molar-refractivity contribution in [2.24, 2.45) is 0 Å². The van der Waals surface area contributed by atoms with Crippen molar-refractivity contribution in [3.8, 4) is 0 Å². The van der Waals surface area contributed by atoms with E-state index in [0.717, 1.165) is 0 Å². The lowest BCUT2D eigenvalue weighted by Crippen LogP contribution is -2.42. The summed E-state index contributed by atoms with van der Waals surface area (Å²) in [5.41, 5.74) is 1.27. The van der Waals surface area contributed by atoms with Gasteiger partial charge in [-0.05, 0) is 12.1 Å². The highest BCUT2D eigenvalue weighted by Gasteiger charge is 2.29. The van der Waals surface area contributed by atoms with Crippen LogP contribution in [0.2, 0.25) is 0 Å². The molecule has 1 aliphatic heterocycles. The zero-order valence-electron chi connectivity index (χ0n) is 10.9. The number of aryl methyl sites for hydroxylation is 1. The Balaban J connectivity index is 1.97. The molecule has 2 heterocycles. The first-order valence-corrected chi connectivity index (χ1v) is 6.31. The molecule has 2 amide bonds. The van der Waals surface area contributed by atoms with E-state index in [4.69, 9.17) is 0 Å². The molecular formula is C13H13N5O2. The Morgan fingerprint density at radius 3 is 2.95 bits per heavy atom. The fraction of sp³-hybridized carbons (Fsp3) is 0.231. The molecule has 0 saturated carbocycles. The standard InChI is InChI=1S/C13H13N5O2/c1-2-10-15-12(17-16-10)13(20)18-7-11(19)14-8-5-3-4-6-9(8)18/h3-6H,2,7H2,1H3,(H,14,19)(H,15,16,17). The summed E-state index contributed by atoms with van der Waals surface area (Å²) in [6.07, 6.45) is 0.664. The number of hydrogen-bond acceptors (Lipinski definition) is 4. The van der Waals surface area contributed by atoms with Crippen molar-refractivity contribution in [2.45, 2.75) is 13.3 Å². The molecule has 0 unspecified atom stereocenters. The number of anilines is 2. The van der Waals surface area contributed by atoms with Crippen molar-refractivity contribution in [3.05, 3.63) is 35.9 Å². The third-order valence-corrected chi connectivity index (χ3v) is 3.07. The average molecular weight is 271 g/mol. The lowest BCUT2D eigenvalue weighted by Gasteiger charge is -2.28. The minimum absolute atomic E-state index is 0.0359. The third kappa shape index (κ3) is 2.03. The zero-order chi connectivity index (χ0) is 14.1. The van der Waals surface area contributed by atoms with Gasteiger partial charge >= 0.3 is 0 Å². The smallest absolute Gasteiger partial charge is 0.298 e. The Bertz CT molecular complexity index is 679. The largest absolute Gasteiger partial charge is 0.323 e. The summed E-state index contributed by atoms with van der Waals surface area (Å²) in [5.74, 6) is 0.0981. The number of nitrogens with one attached hydrogen (secondary N) is 2. The Labute approximate surface area is 115 Å². The van der Waals surface area contributed by atoms with Crippen LogP contribution >= 0.6 is 0 Å². The van der Waals surface area contributed by atoms with Gasteiger partial charge in [0.25, 0.3) is 5.91 Å². The van der Waals surface area contributed by atoms with Gasteiger partial charge in [0.1, 0.15) is 12.4 Å². The quantitative estimate of drug-likeness (QED) is 0.851. The molecule has 1 aliphatic rings. The molecule has 2 N–H and O–H groups in total. The normalized spacial score (nSPS) is 13.8. The molecule has 0 saturated heterocycles. The van der Waals surface area contributed by atoms with Crippen LogP contribution in [-0.2, 0) is 11.2 Å². The van der Waals surface area contributed by atoms with Crippen LogP contribution in [0.15, 0.2) is 24.3 Å². The van der Waals surface area contributed by atoms with Crippen LogP contribution in [0.1, 0.15) is 23.4 Å². The highest BCUT2D eigenvalue weighted by atomic mass is 16.2. The van der Waals surface area contributed by atoms with Crippen molar-refractivity contribution in [3.63, 3.8) is 0 Å². The Kier molecular flexibility index (Phi) is 2.94. The predicted octanol–water partition coefficient (Wildman–Crippen LogP) is 0.966. The number of aromatic amines is 1. The van der Waals surface area contributed by atoms with Crippen molar-refractivity contribution in [2.75, 3.05) is 16.8 Å². The van der Waals surface area contributed by atoms with Gasteiger partial charge in [-0.25, -0.2) is 4.98 Å². The maximum Gasteiger partial charge on any atom is 0.298 e. The Morgan fingerprint density at radius 2 is 2.20 bits per heavy atom. The Morgan fingerprint density at radius 1 is 1.40 bits per heavy atom. The zero-order valence-corrected chi connectivity index (χ0v) is 10.9. The lowest BCUT2D eigenvalue weighted by atomic mass is 10.2. The number of hydrogen-bond donors (Lipinski definition) is 2. The minimum Gasteiger partial charge on any atom is -0.323 e. The molecule has 0 atom stereocenters. The molecule has 2 aromatic rings. The summed E-state index contributed by atoms with van der Waals surface area (Å²) in [5, 5.41) is 9.33. The number of aromatic nitrogens is 3. The second kappa shape index (κ2) is 4.76. The van der Waals surface area contributed by atoms with E-state index in [9.17, 15) is 9.59 Å². The number of carbonyl (C=O) groups excluding carboxylic acids is 2. The van der Waals surface area contributed by atoms with Crippen LogP contribution in [0.25, 0.3) is 0 Å². The summed E-state index contributed by atoms with van der Waals surface area (Å²) >= 11 is 0. The molecule has 3 rings (SSSR count). The van der Waals surface area contributed by atoms with E-state index in [-0.39, 0.29) is 24.2 Å². The van der Waals surface area contributed by atoms with E-state index in [1.807, 2.05) is 13.0 Å². The van der Waals surface area contributed by atoms with E-state index in [1.54, 1.807) is 18.2 Å². The van der Waals surface area contributed by atoms with Gasteiger partial charge in [0.15, 0.2) is 0 Å². The van der Waals surface area contributed by atoms with E-state index in [2.05, 4.69) is 20.5 Å². The van der Waals surface area contributed by atoms with Crippen LogP contribution in [-0.4, -0.2) is 33.5 Å². The number of para-hydroxylation sites is 2. The van der Waals surface area contributed by atoms with Crippen molar-refractivity contribution in [1.82, 2.24) is 15.2 Å². The van der Waals surface area contributed by atoms with Crippen LogP contribution < -0.4 is 10.2 Å². The molecular weight excluding hydrogens is 258 g/mol. The summed E-state index contributed by atoms with van der Waals surface area (Å²) in [6, 6.07) is 7.14. The van der Waals surface area contributed by atoms with Gasteiger partial charge < -0.3 is 5.32 Å². The first-order chi connectivity index (χ1) is 9.69. The van der Waals surface area contributed by atoms with Crippen molar-refractivity contribution < 1.29 is 9.59 Å². The SMILES string of the molecule is CCc1nc(C(=O)N2CC(=O)Nc3ccccc32)n[nH]1. The monoisotopic (exact) mass is 271 g/mol. The predicted molar refractivity (Wildman–Crippen MR) is 72.5 cm³/mol. The number of amides is 2. The molecule has 7 heteroatoms. The number of carbonyl (C=O) groups is 2. The molecule has 0 fully saturated rings. The number of fused-ring (bicyclic) bond motifs is 1. The fourth-order valence-corrected chi connectivity index (χ4v) is 2.08. The topological polar surface area (TPSA) is 91.0 Å². The summed E-state index contributed by atoms with van der Waals surface area (Å²) in [7, 11) is 0. The number of benzene rings is 1. The third-order valence-electron chi connectivity index (χ3n) is 3.07. The molecule has 1 aromatic heterocycles. The number of rotatable bonds is 2. The summed E-state index contributed by atoms with van der Waals surface area (Å²) < 4.78 is 0. The number of H-pyrrole nitrogens is 1. The van der Waals surface area contributed by atoms with Crippen LogP contribution in [0, 0.1) is 0 Å². The summed E-state index contributed by atoms with van der Waals surface area (Å²) in [6.45, 7) is 1.88. The summed E-state index contributed by atoms with van der Waals surface area (Å²) in [4.78, 5) is 29.6. The highest BCUT2D eigenvalue weighted by Crippen LogP contribution is 2.29. The molecule has 1 aromatic carbocycles. The maximum absolute atomic E-state index is 12.4. The molecule has 0 aliphatic carbocycles. The van der Waals surface area contributed by atoms with E-state index < -0.39 is 0 Å². The van der Waals surface area contributed by atoms with Crippen LogP contribution in [0.5, 0.6) is 0 Å². The molecule has 0 spiro atoms. The Hall–Kier alpha value is -2.70. The average Bonchev–Trinajstić information content (AvgIpc) is 2.94. The van der Waals surface area contributed by atoms with Gasteiger partial charge in [0.05, 0.1) is 11.4 Å². The molecule has 102 valence electrons. The fourth-order valence-electron chi connectivity index (χ4n) is 2.08. The maximum atomic E-state index is 12.4. The van der Waals surface area contributed by atoms with Gasteiger partial charge in [-0.2, -0.15) is 0 Å². The number of nitrogens with zero attached hydrogens (tertiary/aromatic N) is 3. The lowest BCUT2D eigenvalue weighted by molar-refractivity contribution is -0.115. The van der Waals surface area contributed by atoms with Gasteiger partial charge in [0.2, 0.25) is 11.7 Å². The molecule has 0 radical (unpaired) electrons. The van der Waals surface area contributed by atoms with E-state index in [1.165, 1.54) is 4.90 Å². The van der Waals surface area contributed by atoms with Crippen molar-refractivity contribution >= 4 is 23.2 Å². The second-order valence-corrected chi connectivity index (χ2v) is 4.42. The first-order valence-electron chi connectivity index (χ1n) is 6.31. The molecule has 20 heavy (non-hydrogen) atoms. The minimum atomic E-state index is -0.386. The highest BCUT2D eigenvalue weighted by molar-refractivity contribution is 6.13. The van der Waals surface area contributed by atoms with E-state index in [0.29, 0.717) is 23.6 Å². The van der Waals surface area contributed by atoms with Crippen LogP contribution in [0.4, 0.5) is 11.4 Å². The first kappa shape index (κ1) is 12.3. The van der Waals surface area contributed by atoms with Gasteiger partial charge in [-0.15, -0.1) is 5.10 Å². The van der Waals surface area contributed by atoms with Gasteiger partial charge in [0, 0.05) is 6.42 Å². The van der Waals surface area contributed by atoms with Gasteiger partial charge in [-0.3, -0.25) is 19.6 Å².